The maximum atomic E-state index is 12.8. The molecular formula is C22H25N3O4S. The first-order chi connectivity index (χ1) is 14.5. The SMILES string of the molecule is COC(=O)C1=C(C)N=C2SC=C(CC(=O)N3CCCC3)N2[C@@H]1c1ccc(OC)cc1. The predicted molar refractivity (Wildman–Crippen MR) is 116 cm³/mol. The minimum Gasteiger partial charge on any atom is -0.497 e. The number of carbonyl (C=O) groups is 2. The Morgan fingerprint density at radius 1 is 1.17 bits per heavy atom. The van der Waals surface area contributed by atoms with Crippen LogP contribution in [0.5, 0.6) is 5.75 Å². The molecule has 0 bridgehead atoms. The van der Waals surface area contributed by atoms with Gasteiger partial charge in [-0.2, -0.15) is 0 Å². The number of carbonyl (C=O) groups excluding carboxylic acids is 2. The molecule has 0 saturated carbocycles. The molecule has 1 amide bonds. The van der Waals surface area contributed by atoms with Crippen molar-refractivity contribution in [3.05, 3.63) is 52.2 Å². The summed E-state index contributed by atoms with van der Waals surface area (Å²) in [5.74, 6) is 0.428. The van der Waals surface area contributed by atoms with Crippen LogP contribution >= 0.6 is 11.8 Å². The number of amides is 1. The van der Waals surface area contributed by atoms with Crippen LogP contribution in [0.1, 0.15) is 37.8 Å². The molecule has 158 valence electrons. The average Bonchev–Trinajstić information content (AvgIpc) is 3.43. The van der Waals surface area contributed by atoms with Gasteiger partial charge in [0.1, 0.15) is 5.75 Å². The molecule has 1 fully saturated rings. The lowest BCUT2D eigenvalue weighted by Gasteiger charge is -2.36. The van der Waals surface area contributed by atoms with Gasteiger partial charge in [-0.3, -0.25) is 4.79 Å². The summed E-state index contributed by atoms with van der Waals surface area (Å²) in [5, 5.41) is 2.74. The van der Waals surface area contributed by atoms with E-state index in [1.165, 1.54) is 18.9 Å². The van der Waals surface area contributed by atoms with E-state index in [0.717, 1.165) is 48.1 Å². The smallest absolute Gasteiger partial charge is 0.338 e. The van der Waals surface area contributed by atoms with Gasteiger partial charge in [-0.1, -0.05) is 23.9 Å². The Labute approximate surface area is 180 Å². The zero-order chi connectivity index (χ0) is 21.3. The molecule has 8 heteroatoms. The van der Waals surface area contributed by atoms with Crippen LogP contribution in [0.15, 0.2) is 51.6 Å². The summed E-state index contributed by atoms with van der Waals surface area (Å²) in [6.45, 7) is 3.45. The largest absolute Gasteiger partial charge is 0.497 e. The van der Waals surface area contributed by atoms with Crippen molar-refractivity contribution in [2.45, 2.75) is 32.2 Å². The number of benzene rings is 1. The highest BCUT2D eigenvalue weighted by Gasteiger charge is 2.41. The van der Waals surface area contributed by atoms with Crippen molar-refractivity contribution >= 4 is 28.8 Å². The van der Waals surface area contributed by atoms with Crippen LogP contribution < -0.4 is 4.74 Å². The summed E-state index contributed by atoms with van der Waals surface area (Å²) in [7, 11) is 2.99. The highest BCUT2D eigenvalue weighted by atomic mass is 32.2. The number of aliphatic imine (C=N–C) groups is 1. The van der Waals surface area contributed by atoms with Gasteiger partial charge in [-0.25, -0.2) is 9.79 Å². The van der Waals surface area contributed by atoms with Gasteiger partial charge in [0, 0.05) is 18.8 Å². The van der Waals surface area contributed by atoms with Crippen molar-refractivity contribution in [1.29, 1.82) is 0 Å². The van der Waals surface area contributed by atoms with Gasteiger partial charge in [0.15, 0.2) is 5.17 Å². The number of esters is 1. The maximum absolute atomic E-state index is 12.8. The Kier molecular flexibility index (Phi) is 5.85. The molecule has 3 aliphatic rings. The van der Waals surface area contributed by atoms with E-state index in [2.05, 4.69) is 4.99 Å². The van der Waals surface area contributed by atoms with Gasteiger partial charge in [-0.15, -0.1) is 0 Å². The Morgan fingerprint density at radius 3 is 2.50 bits per heavy atom. The van der Waals surface area contributed by atoms with Gasteiger partial charge < -0.3 is 19.3 Å². The van der Waals surface area contributed by atoms with Gasteiger partial charge in [0.2, 0.25) is 5.91 Å². The number of methoxy groups -OCH3 is 2. The predicted octanol–water partition coefficient (Wildman–Crippen LogP) is 3.46. The van der Waals surface area contributed by atoms with Crippen molar-refractivity contribution in [3.63, 3.8) is 0 Å². The Hall–Kier alpha value is -2.74. The van der Waals surface area contributed by atoms with E-state index < -0.39 is 12.0 Å². The van der Waals surface area contributed by atoms with E-state index >= 15 is 0 Å². The summed E-state index contributed by atoms with van der Waals surface area (Å²) < 4.78 is 10.4. The number of hydrogen-bond acceptors (Lipinski definition) is 7. The third-order valence-corrected chi connectivity index (χ3v) is 6.52. The second-order valence-electron chi connectivity index (χ2n) is 7.42. The fourth-order valence-corrected chi connectivity index (χ4v) is 5.04. The zero-order valence-electron chi connectivity index (χ0n) is 17.4. The zero-order valence-corrected chi connectivity index (χ0v) is 18.2. The molecule has 0 spiro atoms. The fraction of sp³-hybridized carbons (Fsp3) is 0.409. The molecule has 1 saturated heterocycles. The first-order valence-corrected chi connectivity index (χ1v) is 10.9. The summed E-state index contributed by atoms with van der Waals surface area (Å²) in [5.41, 5.74) is 2.87. The highest BCUT2D eigenvalue weighted by Crippen LogP contribution is 2.45. The van der Waals surface area contributed by atoms with E-state index in [0.29, 0.717) is 11.3 Å². The van der Waals surface area contributed by atoms with Gasteiger partial charge in [-0.05, 0) is 42.9 Å². The van der Waals surface area contributed by atoms with Crippen LogP contribution in [0.25, 0.3) is 0 Å². The van der Waals surface area contributed by atoms with Crippen molar-refractivity contribution in [2.75, 3.05) is 27.3 Å². The van der Waals surface area contributed by atoms with E-state index in [9.17, 15) is 9.59 Å². The molecule has 0 unspecified atom stereocenters. The van der Waals surface area contributed by atoms with Gasteiger partial charge in [0.25, 0.3) is 0 Å². The number of likely N-dealkylation sites (tertiary alicyclic amines) is 1. The van der Waals surface area contributed by atoms with E-state index in [-0.39, 0.29) is 12.3 Å². The molecular weight excluding hydrogens is 402 g/mol. The Balaban J connectivity index is 1.71. The molecule has 1 aromatic carbocycles. The minimum absolute atomic E-state index is 0.111. The number of nitrogens with zero attached hydrogens (tertiary/aromatic N) is 3. The first-order valence-electron chi connectivity index (χ1n) is 9.98. The lowest BCUT2D eigenvalue weighted by atomic mass is 9.93. The number of ether oxygens (including phenoxy) is 2. The highest BCUT2D eigenvalue weighted by molar-refractivity contribution is 8.16. The van der Waals surface area contributed by atoms with E-state index in [4.69, 9.17) is 9.47 Å². The lowest BCUT2D eigenvalue weighted by molar-refractivity contribution is -0.136. The normalized spacial score (nSPS) is 20.7. The third kappa shape index (κ3) is 3.71. The van der Waals surface area contributed by atoms with Crippen LogP contribution in [0.2, 0.25) is 0 Å². The molecule has 0 radical (unpaired) electrons. The fourth-order valence-electron chi connectivity index (χ4n) is 4.08. The number of rotatable bonds is 5. The molecule has 7 nitrogen and oxygen atoms in total. The molecule has 0 N–H and O–H groups in total. The second kappa shape index (κ2) is 8.55. The Bertz CT molecular complexity index is 946. The van der Waals surface area contributed by atoms with Crippen molar-refractivity contribution < 1.29 is 19.1 Å². The molecule has 1 atom stereocenters. The maximum Gasteiger partial charge on any atom is 0.338 e. The van der Waals surface area contributed by atoms with Crippen LogP contribution in [-0.2, 0) is 14.3 Å². The lowest BCUT2D eigenvalue weighted by Crippen LogP contribution is -2.38. The molecule has 4 rings (SSSR count). The summed E-state index contributed by atoms with van der Waals surface area (Å²) in [4.78, 5) is 34.1. The minimum atomic E-state index is -0.418. The van der Waals surface area contributed by atoms with Crippen LogP contribution in [0.4, 0.5) is 0 Å². The number of fused-ring (bicyclic) bond motifs is 1. The Morgan fingerprint density at radius 2 is 1.87 bits per heavy atom. The second-order valence-corrected chi connectivity index (χ2v) is 8.26. The quantitative estimate of drug-likeness (QED) is 0.671. The van der Waals surface area contributed by atoms with Crippen LogP contribution in [-0.4, -0.2) is 54.2 Å². The standard InChI is InChI=1S/C22H25N3O4S/c1-14-19(21(27)29-3)20(15-6-8-17(28-2)9-7-15)25-16(13-30-22(25)23-14)12-18(26)24-10-4-5-11-24/h6-9,13,20H,4-5,10-12H2,1-3H3/t20-/m1/s1. The van der Waals surface area contributed by atoms with Crippen molar-refractivity contribution in [3.8, 4) is 5.75 Å². The molecule has 0 aliphatic carbocycles. The van der Waals surface area contributed by atoms with Crippen LogP contribution in [0, 0.1) is 0 Å². The van der Waals surface area contributed by atoms with E-state index in [1.807, 2.05) is 46.4 Å². The van der Waals surface area contributed by atoms with Crippen molar-refractivity contribution in [1.82, 2.24) is 9.80 Å². The molecule has 0 aromatic heterocycles. The summed E-state index contributed by atoms with van der Waals surface area (Å²) in [6, 6.07) is 7.19. The topological polar surface area (TPSA) is 71.4 Å². The van der Waals surface area contributed by atoms with Gasteiger partial charge >= 0.3 is 5.97 Å². The number of thioether (sulfide) groups is 1. The molecule has 3 heterocycles. The molecule has 30 heavy (non-hydrogen) atoms. The monoisotopic (exact) mass is 427 g/mol. The van der Waals surface area contributed by atoms with Crippen LogP contribution in [0.3, 0.4) is 0 Å². The summed E-state index contributed by atoms with van der Waals surface area (Å²) >= 11 is 1.48. The van der Waals surface area contributed by atoms with E-state index in [1.54, 1.807) is 7.11 Å². The molecule has 3 aliphatic heterocycles. The van der Waals surface area contributed by atoms with Gasteiger partial charge in [0.05, 0.1) is 38.0 Å². The van der Waals surface area contributed by atoms with Crippen molar-refractivity contribution in [2.24, 2.45) is 4.99 Å². The molecule has 1 aromatic rings. The number of amidine groups is 1. The first kappa shape index (κ1) is 20.5. The summed E-state index contributed by atoms with van der Waals surface area (Å²) in [6.07, 6.45) is 2.39. The number of hydrogen-bond donors (Lipinski definition) is 0. The third-order valence-electron chi connectivity index (χ3n) is 5.63. The average molecular weight is 428 g/mol. The number of allylic oxidation sites excluding steroid dienone is 1.